The number of rotatable bonds is 4. The van der Waals surface area contributed by atoms with E-state index in [-0.39, 0.29) is 0 Å². The van der Waals surface area contributed by atoms with E-state index in [4.69, 9.17) is 16.3 Å². The van der Waals surface area contributed by atoms with Gasteiger partial charge < -0.3 is 10.1 Å². The molecule has 5 nitrogen and oxygen atoms in total. The summed E-state index contributed by atoms with van der Waals surface area (Å²) in [4.78, 5) is 28.7. The lowest BCUT2D eigenvalue weighted by Crippen LogP contribution is -2.29. The molecule has 2 aromatic rings. The zero-order valence-electron chi connectivity index (χ0n) is 12.3. The summed E-state index contributed by atoms with van der Waals surface area (Å²) in [5.41, 5.74) is 1.15. The summed E-state index contributed by atoms with van der Waals surface area (Å²) >= 11 is 7.10. The van der Waals surface area contributed by atoms with Gasteiger partial charge in [-0.3, -0.25) is 4.79 Å². The Morgan fingerprint density at radius 3 is 2.68 bits per heavy atom. The highest BCUT2D eigenvalue weighted by molar-refractivity contribution is 7.13. The minimum atomic E-state index is -0.923. The predicted octanol–water partition coefficient (Wildman–Crippen LogP) is 3.60. The fraction of sp³-hybridized carbons (Fsp3) is 0.267. The number of esters is 1. The number of amides is 1. The van der Waals surface area contributed by atoms with E-state index < -0.39 is 18.0 Å². The molecule has 0 aliphatic heterocycles. The maximum Gasteiger partial charge on any atom is 0.351 e. The van der Waals surface area contributed by atoms with Gasteiger partial charge in [-0.2, -0.15) is 0 Å². The maximum absolute atomic E-state index is 12.0. The van der Waals surface area contributed by atoms with E-state index in [0.29, 0.717) is 21.3 Å². The molecule has 116 valence electrons. The molecule has 0 saturated heterocycles. The lowest BCUT2D eigenvalue weighted by molar-refractivity contribution is -0.123. The monoisotopic (exact) mass is 338 g/mol. The van der Waals surface area contributed by atoms with Gasteiger partial charge in [0.1, 0.15) is 4.88 Å². The standard InChI is InChI=1S/C15H15ClN2O3S/c1-8-13(22-10(3)17-8)15(20)21-9(2)14(19)18-12-6-4-5-11(16)7-12/h4-7,9H,1-3H3,(H,18,19)/t9-/m1/s1. The van der Waals surface area contributed by atoms with E-state index >= 15 is 0 Å². The predicted molar refractivity (Wildman–Crippen MR) is 86.5 cm³/mol. The van der Waals surface area contributed by atoms with Crippen LogP contribution in [0.25, 0.3) is 0 Å². The van der Waals surface area contributed by atoms with Crippen molar-refractivity contribution >= 4 is 40.5 Å². The molecule has 0 bridgehead atoms. The number of hydrogen-bond donors (Lipinski definition) is 1. The number of aryl methyl sites for hydroxylation is 2. The fourth-order valence-corrected chi connectivity index (χ4v) is 2.79. The molecule has 1 N–H and O–H groups in total. The Morgan fingerprint density at radius 2 is 2.09 bits per heavy atom. The molecule has 0 saturated carbocycles. The van der Waals surface area contributed by atoms with Crippen molar-refractivity contribution in [2.75, 3.05) is 5.32 Å². The van der Waals surface area contributed by atoms with E-state index in [2.05, 4.69) is 10.3 Å². The van der Waals surface area contributed by atoms with Crippen molar-refractivity contribution in [3.63, 3.8) is 0 Å². The first-order valence-corrected chi connectivity index (χ1v) is 7.77. The molecule has 0 aliphatic rings. The van der Waals surface area contributed by atoms with Crippen LogP contribution in [-0.2, 0) is 9.53 Å². The summed E-state index contributed by atoms with van der Waals surface area (Å²) < 4.78 is 5.18. The van der Waals surface area contributed by atoms with Crippen LogP contribution < -0.4 is 5.32 Å². The van der Waals surface area contributed by atoms with Gasteiger partial charge in [-0.05, 0) is 39.0 Å². The van der Waals surface area contributed by atoms with Gasteiger partial charge in [0.25, 0.3) is 5.91 Å². The number of halogens is 1. The minimum Gasteiger partial charge on any atom is -0.448 e. The molecular formula is C15H15ClN2O3S. The molecule has 0 fully saturated rings. The van der Waals surface area contributed by atoms with Gasteiger partial charge >= 0.3 is 5.97 Å². The van der Waals surface area contributed by atoms with Crippen LogP contribution in [-0.4, -0.2) is 23.0 Å². The lowest BCUT2D eigenvalue weighted by Gasteiger charge is -2.13. The highest BCUT2D eigenvalue weighted by Gasteiger charge is 2.22. The third kappa shape index (κ3) is 4.05. The van der Waals surface area contributed by atoms with Crippen molar-refractivity contribution in [3.8, 4) is 0 Å². The van der Waals surface area contributed by atoms with Crippen molar-refractivity contribution in [3.05, 3.63) is 44.9 Å². The topological polar surface area (TPSA) is 68.3 Å². The Kier molecular flexibility index (Phi) is 5.15. The van der Waals surface area contributed by atoms with Crippen molar-refractivity contribution < 1.29 is 14.3 Å². The number of benzene rings is 1. The largest absolute Gasteiger partial charge is 0.448 e. The second-order valence-electron chi connectivity index (χ2n) is 4.69. The van der Waals surface area contributed by atoms with Gasteiger partial charge in [0.2, 0.25) is 0 Å². The van der Waals surface area contributed by atoms with Crippen LogP contribution in [0.3, 0.4) is 0 Å². The third-order valence-corrected chi connectivity index (χ3v) is 4.12. The van der Waals surface area contributed by atoms with Gasteiger partial charge in [0.15, 0.2) is 6.10 Å². The minimum absolute atomic E-state index is 0.417. The van der Waals surface area contributed by atoms with Gasteiger partial charge in [0.05, 0.1) is 10.7 Å². The van der Waals surface area contributed by atoms with E-state index in [1.54, 1.807) is 31.2 Å². The molecule has 0 unspecified atom stereocenters. The fourth-order valence-electron chi connectivity index (χ4n) is 1.80. The summed E-state index contributed by atoms with van der Waals surface area (Å²) in [5, 5.41) is 3.94. The van der Waals surface area contributed by atoms with Gasteiger partial charge in [0, 0.05) is 10.7 Å². The highest BCUT2D eigenvalue weighted by Crippen LogP contribution is 2.19. The van der Waals surface area contributed by atoms with E-state index in [9.17, 15) is 9.59 Å². The van der Waals surface area contributed by atoms with Gasteiger partial charge in [-0.1, -0.05) is 17.7 Å². The molecule has 0 aliphatic carbocycles. The smallest absolute Gasteiger partial charge is 0.351 e. The highest BCUT2D eigenvalue weighted by atomic mass is 35.5. The first-order valence-electron chi connectivity index (χ1n) is 6.58. The number of nitrogens with one attached hydrogen (secondary N) is 1. The normalized spacial score (nSPS) is 11.8. The summed E-state index contributed by atoms with van der Waals surface area (Å²) in [6.45, 7) is 5.06. The zero-order chi connectivity index (χ0) is 16.3. The Balaban J connectivity index is 1.99. The van der Waals surface area contributed by atoms with Crippen LogP contribution in [0.4, 0.5) is 5.69 Å². The molecular weight excluding hydrogens is 324 g/mol. The van der Waals surface area contributed by atoms with E-state index in [0.717, 1.165) is 5.01 Å². The number of nitrogens with zero attached hydrogens (tertiary/aromatic N) is 1. The van der Waals surface area contributed by atoms with Crippen LogP contribution in [0.1, 0.15) is 27.3 Å². The number of hydrogen-bond acceptors (Lipinski definition) is 5. The summed E-state index contributed by atoms with van der Waals surface area (Å²) in [7, 11) is 0. The first kappa shape index (κ1) is 16.5. The number of carbonyl (C=O) groups is 2. The lowest BCUT2D eigenvalue weighted by atomic mass is 10.3. The van der Waals surface area contributed by atoms with Crippen LogP contribution in [0.15, 0.2) is 24.3 Å². The quantitative estimate of drug-likeness (QED) is 0.865. The van der Waals surface area contributed by atoms with Crippen molar-refractivity contribution in [1.29, 1.82) is 0 Å². The Labute approximate surface area is 137 Å². The molecule has 1 amide bonds. The summed E-state index contributed by atoms with van der Waals surface area (Å²) in [6.07, 6.45) is -0.923. The van der Waals surface area contributed by atoms with Crippen molar-refractivity contribution in [1.82, 2.24) is 4.98 Å². The number of carbonyl (C=O) groups excluding carboxylic acids is 2. The Morgan fingerprint density at radius 1 is 1.36 bits per heavy atom. The second kappa shape index (κ2) is 6.89. The molecule has 22 heavy (non-hydrogen) atoms. The zero-order valence-corrected chi connectivity index (χ0v) is 13.9. The maximum atomic E-state index is 12.0. The molecule has 2 rings (SSSR count). The summed E-state index contributed by atoms with van der Waals surface area (Å²) in [5.74, 6) is -0.966. The third-order valence-electron chi connectivity index (χ3n) is 2.83. The summed E-state index contributed by atoms with van der Waals surface area (Å²) in [6, 6.07) is 6.74. The van der Waals surface area contributed by atoms with Crippen LogP contribution in [0.5, 0.6) is 0 Å². The van der Waals surface area contributed by atoms with Gasteiger partial charge in [-0.25, -0.2) is 9.78 Å². The van der Waals surface area contributed by atoms with Crippen molar-refractivity contribution in [2.24, 2.45) is 0 Å². The van der Waals surface area contributed by atoms with Gasteiger partial charge in [-0.15, -0.1) is 11.3 Å². The van der Waals surface area contributed by atoms with E-state index in [1.807, 2.05) is 6.92 Å². The average molecular weight is 339 g/mol. The molecule has 1 heterocycles. The average Bonchev–Trinajstić information content (AvgIpc) is 2.77. The number of aromatic nitrogens is 1. The van der Waals surface area contributed by atoms with Crippen LogP contribution in [0, 0.1) is 13.8 Å². The van der Waals surface area contributed by atoms with E-state index in [1.165, 1.54) is 18.3 Å². The first-order chi connectivity index (χ1) is 10.4. The van der Waals surface area contributed by atoms with Crippen LogP contribution >= 0.6 is 22.9 Å². The molecule has 0 spiro atoms. The van der Waals surface area contributed by atoms with Crippen LogP contribution in [0.2, 0.25) is 5.02 Å². The number of thiazole rings is 1. The number of ether oxygens (including phenoxy) is 1. The Bertz CT molecular complexity index is 715. The Hall–Kier alpha value is -1.92. The molecule has 0 radical (unpaired) electrons. The number of anilines is 1. The molecule has 1 aromatic heterocycles. The molecule has 1 atom stereocenters. The molecule has 7 heteroatoms. The molecule has 1 aromatic carbocycles. The SMILES string of the molecule is Cc1nc(C)c(C(=O)O[C@H](C)C(=O)Nc2cccc(Cl)c2)s1. The second-order valence-corrected chi connectivity index (χ2v) is 6.33. The van der Waals surface area contributed by atoms with Crippen molar-refractivity contribution in [2.45, 2.75) is 26.9 Å².